The number of hydrogen-bond donors (Lipinski definition) is 2. The van der Waals surface area contributed by atoms with Gasteiger partial charge in [-0.3, -0.25) is 4.79 Å². The number of hydrogen-bond acceptors (Lipinski definition) is 3. The highest BCUT2D eigenvalue weighted by molar-refractivity contribution is 7.98. The highest BCUT2D eigenvalue weighted by atomic mass is 32.2. The number of carbonyl (C=O) groups excluding carboxylic acids is 1. The fourth-order valence-corrected chi connectivity index (χ4v) is 3.42. The monoisotopic (exact) mass is 348 g/mol. The van der Waals surface area contributed by atoms with E-state index in [1.165, 1.54) is 16.0 Å². The SMILES string of the molecule is CCNC(=NCc1ccc(C)cc1SC)NCC(=O)N1CCCC1. The molecule has 1 aliphatic heterocycles. The normalized spacial score (nSPS) is 14.8. The topological polar surface area (TPSA) is 56.7 Å². The van der Waals surface area contributed by atoms with Crippen molar-refractivity contribution in [3.05, 3.63) is 29.3 Å². The lowest BCUT2D eigenvalue weighted by Crippen LogP contribution is -2.44. The zero-order chi connectivity index (χ0) is 17.4. The molecule has 1 aromatic carbocycles. The smallest absolute Gasteiger partial charge is 0.241 e. The summed E-state index contributed by atoms with van der Waals surface area (Å²) in [6.07, 6.45) is 4.32. The molecule has 0 aliphatic carbocycles. The van der Waals surface area contributed by atoms with Crippen LogP contribution in [-0.2, 0) is 11.3 Å². The number of likely N-dealkylation sites (tertiary alicyclic amines) is 1. The van der Waals surface area contributed by atoms with Crippen molar-refractivity contribution in [2.75, 3.05) is 32.4 Å². The van der Waals surface area contributed by atoms with Crippen LogP contribution in [0.4, 0.5) is 0 Å². The molecule has 2 N–H and O–H groups in total. The fourth-order valence-electron chi connectivity index (χ4n) is 2.73. The van der Waals surface area contributed by atoms with Gasteiger partial charge in [0.15, 0.2) is 5.96 Å². The number of thioether (sulfide) groups is 1. The molecule has 0 unspecified atom stereocenters. The fraction of sp³-hybridized carbons (Fsp3) is 0.556. The molecule has 0 atom stereocenters. The molecule has 24 heavy (non-hydrogen) atoms. The summed E-state index contributed by atoms with van der Waals surface area (Å²) in [5.74, 6) is 0.843. The van der Waals surface area contributed by atoms with Gasteiger partial charge < -0.3 is 15.5 Å². The Labute approximate surface area is 149 Å². The summed E-state index contributed by atoms with van der Waals surface area (Å²) in [6.45, 7) is 7.57. The van der Waals surface area contributed by atoms with Gasteiger partial charge in [-0.2, -0.15) is 0 Å². The van der Waals surface area contributed by atoms with Crippen LogP contribution in [0, 0.1) is 6.92 Å². The summed E-state index contributed by atoms with van der Waals surface area (Å²) in [6, 6.07) is 6.43. The molecule has 132 valence electrons. The first-order valence-electron chi connectivity index (χ1n) is 8.57. The van der Waals surface area contributed by atoms with Crippen molar-refractivity contribution in [1.82, 2.24) is 15.5 Å². The van der Waals surface area contributed by atoms with Gasteiger partial charge in [-0.25, -0.2) is 4.99 Å². The van der Waals surface area contributed by atoms with Crippen LogP contribution in [0.3, 0.4) is 0 Å². The zero-order valence-corrected chi connectivity index (χ0v) is 15.7. The average molecular weight is 349 g/mol. The second kappa shape index (κ2) is 9.57. The molecular formula is C18H28N4OS. The van der Waals surface area contributed by atoms with Gasteiger partial charge in [-0.15, -0.1) is 11.8 Å². The number of aryl methyl sites for hydroxylation is 1. The van der Waals surface area contributed by atoms with Crippen molar-refractivity contribution < 1.29 is 4.79 Å². The molecule has 1 amide bonds. The van der Waals surface area contributed by atoms with E-state index in [4.69, 9.17) is 0 Å². The zero-order valence-electron chi connectivity index (χ0n) is 14.9. The summed E-state index contributed by atoms with van der Waals surface area (Å²) in [7, 11) is 0. The average Bonchev–Trinajstić information content (AvgIpc) is 3.12. The lowest BCUT2D eigenvalue weighted by molar-refractivity contribution is -0.128. The van der Waals surface area contributed by atoms with E-state index >= 15 is 0 Å². The maximum atomic E-state index is 12.1. The summed E-state index contributed by atoms with van der Waals surface area (Å²) in [5, 5.41) is 6.37. The van der Waals surface area contributed by atoms with Gasteiger partial charge in [-0.1, -0.05) is 12.1 Å². The second-order valence-electron chi connectivity index (χ2n) is 5.95. The summed E-state index contributed by atoms with van der Waals surface area (Å²) in [4.78, 5) is 19.9. The predicted octanol–water partition coefficient (Wildman–Crippen LogP) is 2.39. The minimum absolute atomic E-state index is 0.151. The van der Waals surface area contributed by atoms with Crippen molar-refractivity contribution in [2.45, 2.75) is 38.1 Å². The molecule has 6 heteroatoms. The van der Waals surface area contributed by atoms with E-state index in [2.05, 4.69) is 47.0 Å². The van der Waals surface area contributed by atoms with Crippen molar-refractivity contribution in [3.63, 3.8) is 0 Å². The molecule has 0 spiro atoms. The minimum Gasteiger partial charge on any atom is -0.357 e. The second-order valence-corrected chi connectivity index (χ2v) is 6.80. The number of guanidine groups is 1. The molecule has 2 rings (SSSR count). The Kier molecular flexibility index (Phi) is 7.43. The van der Waals surface area contributed by atoms with Crippen LogP contribution < -0.4 is 10.6 Å². The van der Waals surface area contributed by atoms with Gasteiger partial charge in [0.25, 0.3) is 0 Å². The Bertz CT molecular complexity index is 582. The molecule has 0 saturated carbocycles. The van der Waals surface area contributed by atoms with E-state index in [0.29, 0.717) is 19.0 Å². The number of rotatable bonds is 6. The number of aliphatic imine (C=N–C) groups is 1. The van der Waals surface area contributed by atoms with Gasteiger partial charge in [0, 0.05) is 24.5 Å². The Morgan fingerprint density at radius 1 is 1.29 bits per heavy atom. The van der Waals surface area contributed by atoms with Crippen molar-refractivity contribution >= 4 is 23.6 Å². The number of amides is 1. The number of carbonyl (C=O) groups is 1. The molecule has 0 radical (unpaired) electrons. The predicted molar refractivity (Wildman–Crippen MR) is 102 cm³/mol. The minimum atomic E-state index is 0.151. The highest BCUT2D eigenvalue weighted by Gasteiger charge is 2.17. The largest absolute Gasteiger partial charge is 0.357 e. The molecule has 0 bridgehead atoms. The van der Waals surface area contributed by atoms with Gasteiger partial charge in [0.05, 0.1) is 13.1 Å². The van der Waals surface area contributed by atoms with E-state index in [1.54, 1.807) is 11.8 Å². The maximum Gasteiger partial charge on any atom is 0.241 e. The quantitative estimate of drug-likeness (QED) is 0.471. The molecule has 1 fully saturated rings. The molecule has 1 heterocycles. The van der Waals surface area contributed by atoms with E-state index in [1.807, 2.05) is 11.8 Å². The Morgan fingerprint density at radius 2 is 2.04 bits per heavy atom. The first kappa shape index (κ1) is 18.6. The van der Waals surface area contributed by atoms with E-state index in [9.17, 15) is 4.79 Å². The standard InChI is InChI=1S/C18H28N4OS/c1-4-19-18(21-13-17(23)22-9-5-6-10-22)20-12-15-8-7-14(2)11-16(15)24-3/h7-8,11H,4-6,9-10,12-13H2,1-3H3,(H2,19,20,21). The van der Waals surface area contributed by atoms with E-state index in [-0.39, 0.29) is 5.91 Å². The van der Waals surface area contributed by atoms with Gasteiger partial charge >= 0.3 is 0 Å². The Morgan fingerprint density at radius 3 is 2.71 bits per heavy atom. The third kappa shape index (κ3) is 5.44. The number of nitrogens with zero attached hydrogens (tertiary/aromatic N) is 2. The van der Waals surface area contributed by atoms with Crippen LogP contribution in [0.5, 0.6) is 0 Å². The molecule has 1 aliphatic rings. The lowest BCUT2D eigenvalue weighted by atomic mass is 10.1. The molecular weight excluding hydrogens is 320 g/mol. The van der Waals surface area contributed by atoms with Gasteiger partial charge in [0.1, 0.15) is 0 Å². The summed E-state index contributed by atoms with van der Waals surface area (Å²) >= 11 is 1.74. The van der Waals surface area contributed by atoms with E-state index in [0.717, 1.165) is 32.5 Å². The number of nitrogens with one attached hydrogen (secondary N) is 2. The van der Waals surface area contributed by atoms with Crippen LogP contribution >= 0.6 is 11.8 Å². The van der Waals surface area contributed by atoms with Gasteiger partial charge in [0.2, 0.25) is 5.91 Å². The summed E-state index contributed by atoms with van der Waals surface area (Å²) < 4.78 is 0. The lowest BCUT2D eigenvalue weighted by Gasteiger charge is -2.17. The van der Waals surface area contributed by atoms with Crippen LogP contribution in [-0.4, -0.2) is 49.2 Å². The molecule has 1 aromatic rings. The Balaban J connectivity index is 1.96. The van der Waals surface area contributed by atoms with Crippen LogP contribution in [0.2, 0.25) is 0 Å². The third-order valence-electron chi connectivity index (χ3n) is 4.06. The maximum absolute atomic E-state index is 12.1. The third-order valence-corrected chi connectivity index (χ3v) is 4.88. The highest BCUT2D eigenvalue weighted by Crippen LogP contribution is 2.22. The van der Waals surface area contributed by atoms with Crippen molar-refractivity contribution in [1.29, 1.82) is 0 Å². The molecule has 0 aromatic heterocycles. The van der Waals surface area contributed by atoms with Gasteiger partial charge in [-0.05, 0) is 50.1 Å². The first-order valence-corrected chi connectivity index (χ1v) is 9.80. The first-order chi connectivity index (χ1) is 11.6. The summed E-state index contributed by atoms with van der Waals surface area (Å²) in [5.41, 5.74) is 2.46. The van der Waals surface area contributed by atoms with Crippen molar-refractivity contribution in [3.8, 4) is 0 Å². The molecule has 1 saturated heterocycles. The Hall–Kier alpha value is -1.69. The van der Waals surface area contributed by atoms with Crippen LogP contribution in [0.25, 0.3) is 0 Å². The van der Waals surface area contributed by atoms with Crippen LogP contribution in [0.1, 0.15) is 30.9 Å². The number of benzene rings is 1. The molecule has 5 nitrogen and oxygen atoms in total. The van der Waals surface area contributed by atoms with Crippen LogP contribution in [0.15, 0.2) is 28.1 Å². The van der Waals surface area contributed by atoms with E-state index < -0.39 is 0 Å². The van der Waals surface area contributed by atoms with Crippen molar-refractivity contribution in [2.24, 2.45) is 4.99 Å².